The maximum Gasteiger partial charge on any atom is 0.349 e. The van der Waals surface area contributed by atoms with E-state index in [2.05, 4.69) is 21.2 Å². The first-order valence-electron chi connectivity index (χ1n) is 3.94. The van der Waals surface area contributed by atoms with Crippen LogP contribution in [0.25, 0.3) is 0 Å². The van der Waals surface area contributed by atoms with Crippen molar-refractivity contribution in [1.82, 2.24) is 9.97 Å². The van der Waals surface area contributed by atoms with Crippen molar-refractivity contribution in [2.24, 2.45) is 0 Å². The second kappa shape index (κ2) is 4.76. The molecular weight excluding hydrogens is 200 g/mol. The van der Waals surface area contributed by atoms with E-state index in [1.807, 2.05) is 0 Å². The van der Waals surface area contributed by atoms with Gasteiger partial charge in [-0.25, -0.2) is 4.98 Å². The second-order valence-corrected chi connectivity index (χ2v) is 2.38. The molecule has 0 saturated heterocycles. The molecule has 7 heteroatoms. The Morgan fingerprint density at radius 2 is 2.53 bits per heavy atom. The van der Waals surface area contributed by atoms with Crippen LogP contribution < -0.4 is 10.1 Å². The van der Waals surface area contributed by atoms with Gasteiger partial charge in [0.25, 0.3) is 5.88 Å². The molecule has 0 saturated carbocycles. The van der Waals surface area contributed by atoms with Crippen molar-refractivity contribution in [1.29, 1.82) is 0 Å². The van der Waals surface area contributed by atoms with E-state index in [0.717, 1.165) is 6.20 Å². The molecule has 1 heterocycles. The molecule has 0 radical (unpaired) electrons. The Morgan fingerprint density at radius 1 is 1.80 bits per heavy atom. The molecule has 0 aliphatic rings. The molecule has 0 aromatic carbocycles. The van der Waals surface area contributed by atoms with Gasteiger partial charge in [0, 0.05) is 7.05 Å². The summed E-state index contributed by atoms with van der Waals surface area (Å²) >= 11 is 0. The van der Waals surface area contributed by atoms with Crippen LogP contribution in [0.3, 0.4) is 0 Å². The van der Waals surface area contributed by atoms with Crippen molar-refractivity contribution in [2.75, 3.05) is 19.0 Å². The van der Waals surface area contributed by atoms with Gasteiger partial charge in [-0.3, -0.25) is 10.1 Å². The standard InChI is InChI=1S/C8H8N4O3/c1-3-4-15-7-6(12(13)14)5-10-8(9-2)11-7/h1,5H,4H2,2H3,(H,9,10,11). The maximum atomic E-state index is 10.6. The molecule has 1 N–H and O–H groups in total. The van der Waals surface area contributed by atoms with Gasteiger partial charge in [0.2, 0.25) is 5.95 Å². The fourth-order valence-corrected chi connectivity index (χ4v) is 0.822. The molecule has 1 aromatic heterocycles. The predicted molar refractivity (Wildman–Crippen MR) is 52.6 cm³/mol. The molecule has 0 aliphatic heterocycles. The van der Waals surface area contributed by atoms with E-state index in [1.165, 1.54) is 0 Å². The first kappa shape index (κ1) is 10.7. The molecule has 7 nitrogen and oxygen atoms in total. The van der Waals surface area contributed by atoms with Crippen molar-refractivity contribution in [3.63, 3.8) is 0 Å². The van der Waals surface area contributed by atoms with Crippen molar-refractivity contribution < 1.29 is 9.66 Å². The highest BCUT2D eigenvalue weighted by Gasteiger charge is 2.18. The first-order chi connectivity index (χ1) is 7.19. The number of anilines is 1. The number of ether oxygens (including phenoxy) is 1. The van der Waals surface area contributed by atoms with E-state index in [0.29, 0.717) is 0 Å². The second-order valence-electron chi connectivity index (χ2n) is 2.38. The van der Waals surface area contributed by atoms with Gasteiger partial charge in [-0.2, -0.15) is 4.98 Å². The highest BCUT2D eigenvalue weighted by molar-refractivity contribution is 5.42. The first-order valence-corrected chi connectivity index (χ1v) is 3.94. The summed E-state index contributed by atoms with van der Waals surface area (Å²) in [5, 5.41) is 13.2. The van der Waals surface area contributed by atoms with Crippen LogP contribution in [-0.2, 0) is 0 Å². The molecule has 0 amide bonds. The summed E-state index contributed by atoms with van der Waals surface area (Å²) in [6, 6.07) is 0. The van der Waals surface area contributed by atoms with Crippen molar-refractivity contribution >= 4 is 11.6 Å². The largest absolute Gasteiger partial charge is 0.460 e. The summed E-state index contributed by atoms with van der Waals surface area (Å²) in [6.07, 6.45) is 6.03. The third-order valence-electron chi connectivity index (χ3n) is 1.45. The summed E-state index contributed by atoms with van der Waals surface area (Å²) in [4.78, 5) is 17.4. The van der Waals surface area contributed by atoms with Gasteiger partial charge < -0.3 is 10.1 Å². The normalized spacial score (nSPS) is 9.07. The van der Waals surface area contributed by atoms with Gasteiger partial charge in [0.05, 0.1) is 4.92 Å². The van der Waals surface area contributed by atoms with Gasteiger partial charge in [0.15, 0.2) is 6.61 Å². The molecule has 0 unspecified atom stereocenters. The summed E-state index contributed by atoms with van der Waals surface area (Å²) in [5.74, 6) is 2.28. The minimum atomic E-state index is -0.634. The van der Waals surface area contributed by atoms with Gasteiger partial charge >= 0.3 is 5.69 Å². The zero-order valence-corrected chi connectivity index (χ0v) is 7.93. The van der Waals surface area contributed by atoms with E-state index in [1.54, 1.807) is 7.05 Å². The summed E-state index contributed by atoms with van der Waals surface area (Å²) in [6.45, 7) is -0.0823. The van der Waals surface area contributed by atoms with Crippen LogP contribution in [0, 0.1) is 22.5 Å². The minimum absolute atomic E-state index is 0.0823. The highest BCUT2D eigenvalue weighted by Crippen LogP contribution is 2.23. The van der Waals surface area contributed by atoms with E-state index in [-0.39, 0.29) is 24.1 Å². The lowest BCUT2D eigenvalue weighted by Crippen LogP contribution is -2.04. The molecule has 1 aromatic rings. The maximum absolute atomic E-state index is 10.6. The quantitative estimate of drug-likeness (QED) is 0.438. The topological polar surface area (TPSA) is 90.2 Å². The fraction of sp³-hybridized carbons (Fsp3) is 0.250. The van der Waals surface area contributed by atoms with Crippen LogP contribution in [0.4, 0.5) is 11.6 Å². The van der Waals surface area contributed by atoms with Crippen molar-refractivity contribution in [3.05, 3.63) is 16.3 Å². The van der Waals surface area contributed by atoms with Crippen LogP contribution in [0.1, 0.15) is 0 Å². The Labute approximate surface area is 85.6 Å². The average Bonchev–Trinajstić information content (AvgIpc) is 2.25. The number of rotatable bonds is 4. The molecule has 0 fully saturated rings. The Kier molecular flexibility index (Phi) is 3.40. The molecule has 15 heavy (non-hydrogen) atoms. The number of hydrogen-bond donors (Lipinski definition) is 1. The predicted octanol–water partition coefficient (Wildman–Crippen LogP) is 0.438. The molecule has 1 rings (SSSR count). The molecular formula is C8H8N4O3. The molecule has 0 bridgehead atoms. The third-order valence-corrected chi connectivity index (χ3v) is 1.45. The molecule has 0 atom stereocenters. The van der Waals surface area contributed by atoms with E-state index < -0.39 is 4.92 Å². The van der Waals surface area contributed by atoms with Crippen LogP contribution in [-0.4, -0.2) is 28.5 Å². The van der Waals surface area contributed by atoms with Gasteiger partial charge in [-0.15, -0.1) is 6.42 Å². The zero-order valence-electron chi connectivity index (χ0n) is 7.93. The summed E-state index contributed by atoms with van der Waals surface area (Å²) < 4.78 is 4.92. The Hall–Kier alpha value is -2.36. The number of nitro groups is 1. The van der Waals surface area contributed by atoms with E-state index in [4.69, 9.17) is 11.2 Å². The van der Waals surface area contributed by atoms with Crippen LogP contribution in [0.15, 0.2) is 6.20 Å². The zero-order chi connectivity index (χ0) is 11.3. The summed E-state index contributed by atoms with van der Waals surface area (Å²) in [5.41, 5.74) is -0.316. The fourth-order valence-electron chi connectivity index (χ4n) is 0.822. The smallest absolute Gasteiger partial charge is 0.349 e. The van der Waals surface area contributed by atoms with Crippen LogP contribution >= 0.6 is 0 Å². The van der Waals surface area contributed by atoms with E-state index >= 15 is 0 Å². The number of hydrogen-bond acceptors (Lipinski definition) is 6. The number of aromatic nitrogens is 2. The molecule has 78 valence electrons. The highest BCUT2D eigenvalue weighted by atomic mass is 16.6. The lowest BCUT2D eigenvalue weighted by molar-refractivity contribution is -0.386. The number of terminal acetylenes is 1. The average molecular weight is 208 g/mol. The molecule has 0 aliphatic carbocycles. The van der Waals surface area contributed by atoms with Crippen LogP contribution in [0.5, 0.6) is 5.88 Å². The SMILES string of the molecule is C#CCOc1nc(NC)ncc1[N+](=O)[O-]. The van der Waals surface area contributed by atoms with Gasteiger partial charge in [-0.1, -0.05) is 5.92 Å². The number of nitrogens with one attached hydrogen (secondary N) is 1. The Bertz CT molecular complexity index is 413. The van der Waals surface area contributed by atoms with Gasteiger partial charge in [0.1, 0.15) is 6.20 Å². The van der Waals surface area contributed by atoms with Crippen LogP contribution in [0.2, 0.25) is 0 Å². The van der Waals surface area contributed by atoms with Crippen molar-refractivity contribution in [3.8, 4) is 18.2 Å². The minimum Gasteiger partial charge on any atom is -0.460 e. The van der Waals surface area contributed by atoms with Gasteiger partial charge in [-0.05, 0) is 0 Å². The Morgan fingerprint density at radius 3 is 3.07 bits per heavy atom. The Balaban J connectivity index is 3.06. The van der Waals surface area contributed by atoms with E-state index in [9.17, 15) is 10.1 Å². The lowest BCUT2D eigenvalue weighted by Gasteiger charge is -2.03. The number of nitrogens with zero attached hydrogens (tertiary/aromatic N) is 3. The summed E-state index contributed by atoms with van der Waals surface area (Å²) in [7, 11) is 1.59. The lowest BCUT2D eigenvalue weighted by atomic mass is 10.5. The third kappa shape index (κ3) is 2.54. The van der Waals surface area contributed by atoms with Crippen molar-refractivity contribution in [2.45, 2.75) is 0 Å². The monoisotopic (exact) mass is 208 g/mol. The molecule has 0 spiro atoms.